The third kappa shape index (κ3) is 2.59. The number of nitrogens with one attached hydrogen (secondary N) is 2. The van der Waals surface area contributed by atoms with Crippen molar-refractivity contribution in [1.82, 2.24) is 35.2 Å². The first kappa shape index (κ1) is 15.7. The maximum Gasteiger partial charge on any atom is 0.272 e. The highest BCUT2D eigenvalue weighted by Crippen LogP contribution is 2.32. The Morgan fingerprint density at radius 3 is 2.22 bits per heavy atom. The fourth-order valence-corrected chi connectivity index (χ4v) is 3.95. The highest BCUT2D eigenvalue weighted by atomic mass is 16.2. The van der Waals surface area contributed by atoms with Gasteiger partial charge >= 0.3 is 0 Å². The first-order chi connectivity index (χ1) is 13.2. The van der Waals surface area contributed by atoms with E-state index in [-0.39, 0.29) is 23.9 Å². The number of likely N-dealkylation sites (tertiary alicyclic amines) is 2. The van der Waals surface area contributed by atoms with E-state index in [1.54, 1.807) is 30.9 Å². The van der Waals surface area contributed by atoms with Crippen LogP contribution in [-0.4, -0.2) is 72.2 Å². The van der Waals surface area contributed by atoms with E-state index >= 15 is 0 Å². The number of hydrogen-bond donors (Lipinski definition) is 2. The van der Waals surface area contributed by atoms with E-state index in [1.165, 1.54) is 6.20 Å². The van der Waals surface area contributed by atoms with Gasteiger partial charge in [0.2, 0.25) is 0 Å². The standard InChI is InChI=1S/C18H17N7O2/c26-17(13-7-22-23-8-13)24-9-15-3-14(24)10-25(15)18(27)16-2-1-11(4-19-16)12-5-20-21-6-12/h1-2,4-8,14-15H,3,9-10H2,(H,20,21)(H,22,23)/t14-,15-/m0/s1. The van der Waals surface area contributed by atoms with Crippen molar-refractivity contribution < 1.29 is 9.59 Å². The van der Waals surface area contributed by atoms with Crippen LogP contribution < -0.4 is 0 Å². The summed E-state index contributed by atoms with van der Waals surface area (Å²) in [7, 11) is 0. The van der Waals surface area contributed by atoms with Crippen molar-refractivity contribution in [1.29, 1.82) is 0 Å². The summed E-state index contributed by atoms with van der Waals surface area (Å²) < 4.78 is 0. The molecule has 27 heavy (non-hydrogen) atoms. The molecule has 0 aliphatic carbocycles. The molecule has 2 amide bonds. The van der Waals surface area contributed by atoms with Gasteiger partial charge in [0.15, 0.2) is 0 Å². The molecule has 5 rings (SSSR count). The summed E-state index contributed by atoms with van der Waals surface area (Å²) in [5.41, 5.74) is 2.80. The Kier molecular flexibility index (Phi) is 3.52. The molecular formula is C18H17N7O2. The van der Waals surface area contributed by atoms with Crippen LogP contribution in [0.25, 0.3) is 11.1 Å². The van der Waals surface area contributed by atoms with Gasteiger partial charge in [0.05, 0.1) is 30.0 Å². The Bertz CT molecular complexity index is 966. The molecule has 9 nitrogen and oxygen atoms in total. The molecule has 2 fully saturated rings. The first-order valence-corrected chi connectivity index (χ1v) is 8.76. The molecule has 0 radical (unpaired) electrons. The van der Waals surface area contributed by atoms with Gasteiger partial charge in [-0.2, -0.15) is 10.2 Å². The second-order valence-corrected chi connectivity index (χ2v) is 6.86. The molecule has 3 aromatic rings. The number of piperazine rings is 1. The maximum absolute atomic E-state index is 12.9. The molecule has 2 saturated heterocycles. The number of nitrogens with zero attached hydrogens (tertiary/aromatic N) is 5. The zero-order valence-electron chi connectivity index (χ0n) is 14.4. The minimum Gasteiger partial charge on any atom is -0.332 e. The molecule has 136 valence electrons. The van der Waals surface area contributed by atoms with E-state index in [2.05, 4.69) is 25.4 Å². The minimum atomic E-state index is -0.0864. The van der Waals surface area contributed by atoms with E-state index in [4.69, 9.17) is 0 Å². The molecule has 9 heteroatoms. The Morgan fingerprint density at radius 2 is 1.63 bits per heavy atom. The van der Waals surface area contributed by atoms with Crippen molar-refractivity contribution in [3.8, 4) is 11.1 Å². The van der Waals surface area contributed by atoms with Gasteiger partial charge in [-0.15, -0.1) is 0 Å². The number of pyridine rings is 1. The van der Waals surface area contributed by atoms with Gasteiger partial charge in [-0.25, -0.2) is 0 Å². The van der Waals surface area contributed by atoms with Crippen molar-refractivity contribution in [2.45, 2.75) is 18.5 Å². The molecule has 0 unspecified atom stereocenters. The maximum atomic E-state index is 12.9. The van der Waals surface area contributed by atoms with Crippen LogP contribution in [0.1, 0.15) is 27.3 Å². The number of carbonyl (C=O) groups is 2. The molecule has 0 aromatic carbocycles. The largest absolute Gasteiger partial charge is 0.332 e. The van der Waals surface area contributed by atoms with Crippen LogP contribution in [-0.2, 0) is 0 Å². The summed E-state index contributed by atoms with van der Waals surface area (Å²) in [5.74, 6) is -0.123. The predicted molar refractivity (Wildman–Crippen MR) is 94.7 cm³/mol. The first-order valence-electron chi connectivity index (χ1n) is 8.76. The quantitative estimate of drug-likeness (QED) is 0.719. The monoisotopic (exact) mass is 363 g/mol. The number of carbonyl (C=O) groups excluding carboxylic acids is 2. The topological polar surface area (TPSA) is 111 Å². The van der Waals surface area contributed by atoms with Gasteiger partial charge in [0.1, 0.15) is 5.69 Å². The third-order valence-corrected chi connectivity index (χ3v) is 5.32. The minimum absolute atomic E-state index is 0.0358. The van der Waals surface area contributed by atoms with Crippen LogP contribution in [0.5, 0.6) is 0 Å². The van der Waals surface area contributed by atoms with Crippen molar-refractivity contribution >= 4 is 11.8 Å². The molecule has 0 saturated carbocycles. The van der Waals surface area contributed by atoms with Crippen molar-refractivity contribution in [2.24, 2.45) is 0 Å². The summed E-state index contributed by atoms with van der Waals surface area (Å²) in [5, 5.41) is 13.2. The van der Waals surface area contributed by atoms with Gasteiger partial charge in [-0.1, -0.05) is 6.07 Å². The molecule has 2 N–H and O–H groups in total. The van der Waals surface area contributed by atoms with Gasteiger partial charge in [0.25, 0.3) is 11.8 Å². The van der Waals surface area contributed by atoms with Crippen LogP contribution in [0.4, 0.5) is 0 Å². The number of aromatic nitrogens is 5. The van der Waals surface area contributed by atoms with E-state index < -0.39 is 0 Å². The Hall–Kier alpha value is -3.49. The van der Waals surface area contributed by atoms with Crippen LogP contribution in [0.2, 0.25) is 0 Å². The van der Waals surface area contributed by atoms with Crippen molar-refractivity contribution in [3.63, 3.8) is 0 Å². The average molecular weight is 363 g/mol. The fourth-order valence-electron chi connectivity index (χ4n) is 3.95. The normalized spacial score (nSPS) is 21.0. The molecular weight excluding hydrogens is 346 g/mol. The Labute approximate surface area is 154 Å². The summed E-state index contributed by atoms with van der Waals surface area (Å²) in [6.45, 7) is 1.09. The van der Waals surface area contributed by atoms with Crippen LogP contribution >= 0.6 is 0 Å². The predicted octanol–water partition coefficient (Wildman–Crippen LogP) is 0.934. The van der Waals surface area contributed by atoms with Crippen LogP contribution in [0, 0.1) is 0 Å². The number of amides is 2. The SMILES string of the molecule is O=C(c1cn[nH]c1)N1C[C@@H]2C[C@H]1CN2C(=O)c1ccc(-c2cn[nH]c2)cn1. The van der Waals surface area contributed by atoms with Crippen LogP contribution in [0.3, 0.4) is 0 Å². The lowest BCUT2D eigenvalue weighted by Gasteiger charge is -2.34. The van der Waals surface area contributed by atoms with Gasteiger partial charge in [0, 0.05) is 42.8 Å². The molecule has 2 atom stereocenters. The number of aromatic amines is 2. The molecule has 2 aliphatic rings. The highest BCUT2D eigenvalue weighted by Gasteiger charge is 2.47. The molecule has 0 spiro atoms. The summed E-state index contributed by atoms with van der Waals surface area (Å²) in [6.07, 6.45) is 9.11. The lowest BCUT2D eigenvalue weighted by atomic mass is 10.1. The second-order valence-electron chi connectivity index (χ2n) is 6.86. The molecule has 2 bridgehead atoms. The molecule has 2 aliphatic heterocycles. The Morgan fingerprint density at radius 1 is 0.889 bits per heavy atom. The zero-order valence-corrected chi connectivity index (χ0v) is 14.4. The van der Waals surface area contributed by atoms with Gasteiger partial charge in [-0.3, -0.25) is 24.8 Å². The number of hydrogen-bond acceptors (Lipinski definition) is 5. The fraction of sp³-hybridized carbons (Fsp3) is 0.278. The lowest BCUT2D eigenvalue weighted by Crippen LogP contribution is -2.50. The number of H-pyrrole nitrogens is 2. The van der Waals surface area contributed by atoms with Crippen LogP contribution in [0.15, 0.2) is 43.1 Å². The van der Waals surface area contributed by atoms with Gasteiger partial charge in [-0.05, 0) is 12.5 Å². The van der Waals surface area contributed by atoms with Crippen molar-refractivity contribution in [2.75, 3.05) is 13.1 Å². The highest BCUT2D eigenvalue weighted by molar-refractivity contribution is 5.96. The van der Waals surface area contributed by atoms with E-state index in [0.29, 0.717) is 24.3 Å². The third-order valence-electron chi connectivity index (χ3n) is 5.32. The van der Waals surface area contributed by atoms with E-state index in [9.17, 15) is 9.59 Å². The number of fused-ring (bicyclic) bond motifs is 2. The summed E-state index contributed by atoms with van der Waals surface area (Å²) in [6, 6.07) is 3.69. The zero-order chi connectivity index (χ0) is 18.4. The van der Waals surface area contributed by atoms with Crippen molar-refractivity contribution in [3.05, 3.63) is 54.4 Å². The second kappa shape index (κ2) is 6.04. The lowest BCUT2D eigenvalue weighted by molar-refractivity contribution is 0.0523. The van der Waals surface area contributed by atoms with Gasteiger partial charge < -0.3 is 9.80 Å². The molecule has 3 aromatic heterocycles. The Balaban J connectivity index is 1.29. The van der Waals surface area contributed by atoms with E-state index in [0.717, 1.165) is 17.5 Å². The van der Waals surface area contributed by atoms with E-state index in [1.807, 2.05) is 15.9 Å². The smallest absolute Gasteiger partial charge is 0.272 e. The number of rotatable bonds is 3. The summed E-state index contributed by atoms with van der Waals surface area (Å²) in [4.78, 5) is 33.4. The summed E-state index contributed by atoms with van der Waals surface area (Å²) >= 11 is 0. The average Bonchev–Trinajstić information content (AvgIpc) is 3.50. The molecule has 5 heterocycles.